The van der Waals surface area contributed by atoms with Crippen molar-refractivity contribution in [2.75, 3.05) is 0 Å². The maximum atomic E-state index is 11.9. The summed E-state index contributed by atoms with van der Waals surface area (Å²) in [4.78, 5) is 11.9. The van der Waals surface area contributed by atoms with E-state index in [-0.39, 0.29) is 12.6 Å². The number of hydrogen-bond acceptors (Lipinski definition) is 3. The molecule has 2 aromatic carbocycles. The summed E-state index contributed by atoms with van der Waals surface area (Å²) in [6.45, 7) is 4.10. The van der Waals surface area contributed by atoms with Crippen molar-refractivity contribution >= 4 is 5.97 Å². The fraction of sp³-hybridized carbons (Fsp3) is 0.235. The summed E-state index contributed by atoms with van der Waals surface area (Å²) in [5.41, 5.74) is 8.15. The van der Waals surface area contributed by atoms with Crippen LogP contribution in [0.1, 0.15) is 35.3 Å². The number of hydrogen-bond donors (Lipinski definition) is 1. The highest BCUT2D eigenvalue weighted by atomic mass is 16.5. The van der Waals surface area contributed by atoms with Gasteiger partial charge in [0.1, 0.15) is 6.61 Å². The van der Waals surface area contributed by atoms with E-state index in [2.05, 4.69) is 0 Å². The number of carbonyl (C=O) groups is 1. The smallest absolute Gasteiger partial charge is 0.338 e. The molecule has 0 radical (unpaired) electrons. The molecule has 0 aliphatic heterocycles. The maximum Gasteiger partial charge on any atom is 0.338 e. The maximum absolute atomic E-state index is 11.9. The molecule has 0 heterocycles. The fourth-order valence-electron chi connectivity index (χ4n) is 2.08. The molecule has 3 nitrogen and oxygen atoms in total. The quantitative estimate of drug-likeness (QED) is 0.867. The summed E-state index contributed by atoms with van der Waals surface area (Å²) >= 11 is 0. The highest BCUT2D eigenvalue weighted by Gasteiger charge is 2.18. The summed E-state index contributed by atoms with van der Waals surface area (Å²) < 4.78 is 5.36. The van der Waals surface area contributed by atoms with E-state index >= 15 is 0 Å². The molecule has 3 heteroatoms. The van der Waals surface area contributed by atoms with Crippen molar-refractivity contribution in [2.45, 2.75) is 26.0 Å². The molecular formula is C17H19NO2. The van der Waals surface area contributed by atoms with Gasteiger partial charge in [0.15, 0.2) is 0 Å². The van der Waals surface area contributed by atoms with Crippen molar-refractivity contribution < 1.29 is 9.53 Å². The normalized spacial score (nSPS) is 11.2. The Hall–Kier alpha value is -2.13. The Bertz CT molecular complexity index is 585. The highest BCUT2D eigenvalue weighted by Crippen LogP contribution is 2.22. The number of esters is 1. The third kappa shape index (κ3) is 3.45. The van der Waals surface area contributed by atoms with E-state index in [9.17, 15) is 4.79 Å². The Balaban J connectivity index is 2.11. The number of rotatable bonds is 4. The van der Waals surface area contributed by atoms with E-state index in [0.717, 1.165) is 11.1 Å². The van der Waals surface area contributed by atoms with Crippen LogP contribution in [0.3, 0.4) is 0 Å². The largest absolute Gasteiger partial charge is 0.457 e. The van der Waals surface area contributed by atoms with Gasteiger partial charge in [0.25, 0.3) is 0 Å². The van der Waals surface area contributed by atoms with Gasteiger partial charge >= 0.3 is 5.97 Å². The lowest BCUT2D eigenvalue weighted by Gasteiger charge is -2.22. The summed E-state index contributed by atoms with van der Waals surface area (Å²) in [5.74, 6) is -0.324. The first-order valence-electron chi connectivity index (χ1n) is 6.58. The molecule has 0 unspecified atom stereocenters. The van der Waals surface area contributed by atoms with Crippen LogP contribution in [0, 0.1) is 0 Å². The molecule has 0 spiro atoms. The molecule has 2 rings (SSSR count). The van der Waals surface area contributed by atoms with Crippen LogP contribution in [0.25, 0.3) is 0 Å². The van der Waals surface area contributed by atoms with Crippen LogP contribution in [0.15, 0.2) is 54.6 Å². The van der Waals surface area contributed by atoms with Gasteiger partial charge in [-0.1, -0.05) is 42.5 Å². The summed E-state index contributed by atoms with van der Waals surface area (Å²) in [7, 11) is 0. The standard InChI is InChI=1S/C17H19NO2/c1-17(2,18)15-11-7-6-10-14(15)12-20-16(19)13-8-4-3-5-9-13/h3-11H,12,18H2,1-2H3. The second-order valence-electron chi connectivity index (χ2n) is 5.32. The molecule has 0 aliphatic rings. The average Bonchev–Trinajstić information content (AvgIpc) is 2.45. The number of benzene rings is 2. The minimum atomic E-state index is -0.463. The van der Waals surface area contributed by atoms with Crippen molar-refractivity contribution in [3.63, 3.8) is 0 Å². The second kappa shape index (κ2) is 5.88. The lowest BCUT2D eigenvalue weighted by molar-refractivity contribution is 0.0470. The van der Waals surface area contributed by atoms with Crippen molar-refractivity contribution in [1.29, 1.82) is 0 Å². The SMILES string of the molecule is CC(C)(N)c1ccccc1COC(=O)c1ccccc1. The molecule has 2 aromatic rings. The van der Waals surface area contributed by atoms with Gasteiger partial charge in [0.2, 0.25) is 0 Å². The van der Waals surface area contributed by atoms with E-state index < -0.39 is 5.54 Å². The fourth-order valence-corrected chi connectivity index (χ4v) is 2.08. The van der Waals surface area contributed by atoms with Gasteiger partial charge in [0.05, 0.1) is 5.56 Å². The van der Waals surface area contributed by atoms with Crippen LogP contribution in [-0.2, 0) is 16.9 Å². The lowest BCUT2D eigenvalue weighted by atomic mass is 9.91. The van der Waals surface area contributed by atoms with E-state index in [1.807, 2.05) is 56.3 Å². The summed E-state index contributed by atoms with van der Waals surface area (Å²) in [5, 5.41) is 0. The van der Waals surface area contributed by atoms with E-state index in [1.54, 1.807) is 12.1 Å². The molecule has 0 saturated carbocycles. The van der Waals surface area contributed by atoms with Crippen LogP contribution >= 0.6 is 0 Å². The zero-order valence-electron chi connectivity index (χ0n) is 11.8. The van der Waals surface area contributed by atoms with Gasteiger partial charge < -0.3 is 10.5 Å². The first-order valence-corrected chi connectivity index (χ1v) is 6.58. The van der Waals surface area contributed by atoms with Crippen LogP contribution in [-0.4, -0.2) is 5.97 Å². The number of nitrogens with two attached hydrogens (primary N) is 1. The number of ether oxygens (including phenoxy) is 1. The van der Waals surface area contributed by atoms with Crippen molar-refractivity contribution in [3.05, 3.63) is 71.3 Å². The van der Waals surface area contributed by atoms with Gasteiger partial charge in [-0.25, -0.2) is 4.79 Å². The van der Waals surface area contributed by atoms with Crippen molar-refractivity contribution in [3.8, 4) is 0 Å². The summed E-state index contributed by atoms with van der Waals surface area (Å²) in [6, 6.07) is 16.7. The Labute approximate surface area is 119 Å². The molecule has 0 saturated heterocycles. The Kier molecular flexibility index (Phi) is 4.20. The molecule has 2 N–H and O–H groups in total. The molecule has 0 bridgehead atoms. The zero-order chi connectivity index (χ0) is 14.6. The first-order chi connectivity index (χ1) is 9.48. The van der Waals surface area contributed by atoms with Gasteiger partial charge in [-0.2, -0.15) is 0 Å². The number of carbonyl (C=O) groups excluding carboxylic acids is 1. The molecule has 0 amide bonds. The second-order valence-corrected chi connectivity index (χ2v) is 5.32. The molecular weight excluding hydrogens is 250 g/mol. The van der Waals surface area contributed by atoms with Gasteiger partial charge in [-0.3, -0.25) is 0 Å². The average molecular weight is 269 g/mol. The Morgan fingerprint density at radius 3 is 2.30 bits per heavy atom. The third-order valence-electron chi connectivity index (χ3n) is 3.08. The van der Waals surface area contributed by atoms with Crippen molar-refractivity contribution in [2.24, 2.45) is 5.73 Å². The molecule has 0 atom stereocenters. The zero-order valence-corrected chi connectivity index (χ0v) is 11.8. The molecule has 0 aromatic heterocycles. The van der Waals surface area contributed by atoms with Crippen LogP contribution in [0.4, 0.5) is 0 Å². The predicted molar refractivity (Wildman–Crippen MR) is 79.2 cm³/mol. The molecule has 20 heavy (non-hydrogen) atoms. The minimum Gasteiger partial charge on any atom is -0.457 e. The molecule has 0 aliphatic carbocycles. The lowest BCUT2D eigenvalue weighted by Crippen LogP contribution is -2.30. The van der Waals surface area contributed by atoms with E-state index in [0.29, 0.717) is 5.56 Å². The Morgan fingerprint density at radius 2 is 1.65 bits per heavy atom. The summed E-state index contributed by atoms with van der Waals surface area (Å²) in [6.07, 6.45) is 0. The minimum absolute atomic E-state index is 0.227. The topological polar surface area (TPSA) is 52.3 Å². The van der Waals surface area contributed by atoms with Crippen LogP contribution in [0.2, 0.25) is 0 Å². The van der Waals surface area contributed by atoms with E-state index in [4.69, 9.17) is 10.5 Å². The first kappa shape index (κ1) is 14.3. The van der Waals surface area contributed by atoms with Crippen LogP contribution < -0.4 is 5.73 Å². The van der Waals surface area contributed by atoms with Crippen LogP contribution in [0.5, 0.6) is 0 Å². The highest BCUT2D eigenvalue weighted by molar-refractivity contribution is 5.89. The monoisotopic (exact) mass is 269 g/mol. The third-order valence-corrected chi connectivity index (χ3v) is 3.08. The molecule has 0 fully saturated rings. The van der Waals surface area contributed by atoms with Gasteiger partial charge in [-0.05, 0) is 37.1 Å². The Morgan fingerprint density at radius 1 is 1.05 bits per heavy atom. The molecule has 104 valence electrons. The van der Waals surface area contributed by atoms with Gasteiger partial charge in [0, 0.05) is 5.54 Å². The predicted octanol–water partition coefficient (Wildman–Crippen LogP) is 3.24. The van der Waals surface area contributed by atoms with E-state index in [1.165, 1.54) is 0 Å². The van der Waals surface area contributed by atoms with Gasteiger partial charge in [-0.15, -0.1) is 0 Å². The van der Waals surface area contributed by atoms with Crippen molar-refractivity contribution in [1.82, 2.24) is 0 Å².